The van der Waals surface area contributed by atoms with Gasteiger partial charge in [0, 0.05) is 13.1 Å². The number of aryl methyl sites for hydroxylation is 1. The fourth-order valence-electron chi connectivity index (χ4n) is 4.28. The number of nitrogens with zero attached hydrogens (tertiary/aromatic N) is 2. The number of fused-ring (bicyclic) bond motifs is 1. The number of aromatic nitrogens is 1. The molecule has 1 amide bonds. The summed E-state index contributed by atoms with van der Waals surface area (Å²) in [6, 6.07) is 2.88. The average molecular weight is 445 g/mol. The van der Waals surface area contributed by atoms with Crippen molar-refractivity contribution in [1.29, 1.82) is 0 Å². The zero-order valence-electron chi connectivity index (χ0n) is 18.7. The smallest absolute Gasteiger partial charge is 0.407 e. The van der Waals surface area contributed by atoms with E-state index in [2.05, 4.69) is 5.32 Å². The molecule has 1 aliphatic heterocycles. The van der Waals surface area contributed by atoms with Crippen LogP contribution in [0.5, 0.6) is 0 Å². The molecule has 9 heteroatoms. The SMILES string of the molecule is Cc1c(F)c(N2CCC(NC(=O)OC(C)(C)C)C2)cc2c(C3CC3)cc(C(=O)O)c(=O)n12. The molecule has 2 fully saturated rings. The average Bonchev–Trinajstić information content (AvgIpc) is 3.42. The van der Waals surface area contributed by atoms with Crippen molar-refractivity contribution in [2.75, 3.05) is 18.0 Å². The first-order valence-corrected chi connectivity index (χ1v) is 10.8. The highest BCUT2D eigenvalue weighted by molar-refractivity contribution is 5.88. The summed E-state index contributed by atoms with van der Waals surface area (Å²) < 4.78 is 21.9. The van der Waals surface area contributed by atoms with E-state index in [0.717, 1.165) is 18.4 Å². The first kappa shape index (κ1) is 22.1. The third kappa shape index (κ3) is 4.16. The van der Waals surface area contributed by atoms with Crippen molar-refractivity contribution in [2.24, 2.45) is 0 Å². The molecule has 1 saturated heterocycles. The minimum absolute atomic E-state index is 0.0797. The summed E-state index contributed by atoms with van der Waals surface area (Å²) in [5.74, 6) is -1.71. The second-order valence-electron chi connectivity index (χ2n) is 9.63. The molecular weight excluding hydrogens is 417 g/mol. The number of carboxylic acid groups (broad SMARTS) is 1. The Bertz CT molecular complexity index is 1160. The molecule has 2 N–H and O–H groups in total. The highest BCUT2D eigenvalue weighted by atomic mass is 19.1. The van der Waals surface area contributed by atoms with Gasteiger partial charge in [-0.3, -0.25) is 9.20 Å². The second kappa shape index (κ2) is 7.79. The van der Waals surface area contributed by atoms with E-state index >= 15 is 4.39 Å². The van der Waals surface area contributed by atoms with Gasteiger partial charge in [0.15, 0.2) is 5.82 Å². The molecule has 3 heterocycles. The van der Waals surface area contributed by atoms with Gasteiger partial charge in [-0.15, -0.1) is 0 Å². The summed E-state index contributed by atoms with van der Waals surface area (Å²) in [6.07, 6.45) is 1.93. The van der Waals surface area contributed by atoms with Crippen LogP contribution in [0.4, 0.5) is 14.9 Å². The lowest BCUT2D eigenvalue weighted by Crippen LogP contribution is -2.40. The van der Waals surface area contributed by atoms with Gasteiger partial charge in [-0.25, -0.2) is 14.0 Å². The Morgan fingerprint density at radius 2 is 1.91 bits per heavy atom. The fraction of sp³-hybridized carbons (Fsp3) is 0.522. The molecule has 0 aromatic carbocycles. The molecule has 2 aromatic heterocycles. The molecule has 172 valence electrons. The molecule has 0 bridgehead atoms. The molecule has 0 radical (unpaired) electrons. The van der Waals surface area contributed by atoms with E-state index < -0.39 is 29.0 Å². The van der Waals surface area contributed by atoms with Crippen LogP contribution in [-0.4, -0.2) is 46.3 Å². The molecule has 8 nitrogen and oxygen atoms in total. The number of rotatable bonds is 4. The van der Waals surface area contributed by atoms with Gasteiger partial charge >= 0.3 is 12.1 Å². The monoisotopic (exact) mass is 445 g/mol. The van der Waals surface area contributed by atoms with E-state index in [1.54, 1.807) is 26.8 Å². The minimum atomic E-state index is -1.31. The van der Waals surface area contributed by atoms with Gasteiger partial charge in [-0.2, -0.15) is 0 Å². The minimum Gasteiger partial charge on any atom is -0.477 e. The summed E-state index contributed by atoms with van der Waals surface area (Å²) in [4.78, 5) is 38.3. The van der Waals surface area contributed by atoms with Crippen LogP contribution in [0.2, 0.25) is 0 Å². The van der Waals surface area contributed by atoms with Crippen molar-refractivity contribution >= 4 is 23.3 Å². The predicted octanol–water partition coefficient (Wildman–Crippen LogP) is 3.43. The number of anilines is 1. The van der Waals surface area contributed by atoms with Crippen molar-refractivity contribution in [3.05, 3.63) is 45.1 Å². The number of aromatic carboxylic acids is 1. The normalized spacial score (nSPS) is 18.8. The van der Waals surface area contributed by atoms with E-state index in [4.69, 9.17) is 4.74 Å². The van der Waals surface area contributed by atoms with E-state index in [1.165, 1.54) is 17.4 Å². The number of carbonyl (C=O) groups is 2. The first-order chi connectivity index (χ1) is 15.0. The van der Waals surface area contributed by atoms with Crippen LogP contribution in [0.25, 0.3) is 5.52 Å². The maximum atomic E-state index is 15.4. The Morgan fingerprint density at radius 1 is 1.22 bits per heavy atom. The van der Waals surface area contributed by atoms with Crippen molar-refractivity contribution in [1.82, 2.24) is 9.72 Å². The van der Waals surface area contributed by atoms with Gasteiger partial charge < -0.3 is 20.1 Å². The maximum Gasteiger partial charge on any atom is 0.407 e. The number of ether oxygens (including phenoxy) is 1. The predicted molar refractivity (Wildman–Crippen MR) is 117 cm³/mol. The maximum absolute atomic E-state index is 15.4. The van der Waals surface area contributed by atoms with Crippen LogP contribution >= 0.6 is 0 Å². The zero-order valence-corrected chi connectivity index (χ0v) is 18.7. The summed E-state index contributed by atoms with van der Waals surface area (Å²) in [7, 11) is 0. The van der Waals surface area contributed by atoms with Crippen LogP contribution in [0.1, 0.15) is 67.6 Å². The number of hydrogen-bond acceptors (Lipinski definition) is 5. The lowest BCUT2D eigenvalue weighted by molar-refractivity contribution is 0.0508. The molecule has 1 atom stereocenters. The Morgan fingerprint density at radius 3 is 2.50 bits per heavy atom. The zero-order chi connectivity index (χ0) is 23.4. The topological polar surface area (TPSA) is 100 Å². The highest BCUT2D eigenvalue weighted by Gasteiger charge is 2.32. The number of nitrogens with one attached hydrogen (secondary N) is 1. The quantitative estimate of drug-likeness (QED) is 0.748. The van der Waals surface area contributed by atoms with Crippen LogP contribution in [0.3, 0.4) is 0 Å². The molecule has 0 spiro atoms. The Kier molecular flexibility index (Phi) is 5.38. The van der Waals surface area contributed by atoms with Crippen molar-refractivity contribution < 1.29 is 23.8 Å². The summed E-state index contributed by atoms with van der Waals surface area (Å²) in [5, 5.41) is 12.3. The third-order valence-corrected chi connectivity index (χ3v) is 5.92. The summed E-state index contributed by atoms with van der Waals surface area (Å²) in [6.45, 7) is 7.79. The Hall–Kier alpha value is -3.10. The molecule has 1 aliphatic carbocycles. The number of halogens is 1. The van der Waals surface area contributed by atoms with Crippen LogP contribution < -0.4 is 15.8 Å². The fourth-order valence-corrected chi connectivity index (χ4v) is 4.28. The van der Waals surface area contributed by atoms with Crippen molar-refractivity contribution in [3.63, 3.8) is 0 Å². The number of carbonyl (C=O) groups excluding carboxylic acids is 1. The Labute approximate surface area is 185 Å². The summed E-state index contributed by atoms with van der Waals surface area (Å²) in [5.41, 5.74) is 0.0455. The third-order valence-electron chi connectivity index (χ3n) is 5.92. The lowest BCUT2D eigenvalue weighted by atomic mass is 10.0. The molecule has 32 heavy (non-hydrogen) atoms. The summed E-state index contributed by atoms with van der Waals surface area (Å²) >= 11 is 0. The standard InChI is InChI=1S/C23H28FN3O5/c1-12-19(24)18(26-8-7-14(11-26)25-22(31)32-23(2,3)4)10-17-15(13-5-6-13)9-16(21(29)30)20(28)27(12)17/h9-10,13-14H,5-8,11H2,1-4H3,(H,25,31)(H,29,30). The molecular formula is C23H28FN3O5. The van der Waals surface area contributed by atoms with Crippen molar-refractivity contribution in [3.8, 4) is 0 Å². The molecule has 2 aliphatic rings. The molecule has 1 unspecified atom stereocenters. The van der Waals surface area contributed by atoms with E-state index in [9.17, 15) is 19.5 Å². The number of carboxylic acids is 1. The largest absolute Gasteiger partial charge is 0.477 e. The van der Waals surface area contributed by atoms with Gasteiger partial charge in [0.1, 0.15) is 11.2 Å². The molecule has 2 aromatic rings. The number of alkyl carbamates (subject to hydrolysis) is 1. The highest BCUT2D eigenvalue weighted by Crippen LogP contribution is 2.43. The van der Waals surface area contributed by atoms with Gasteiger partial charge in [0.05, 0.1) is 22.9 Å². The molecule has 1 saturated carbocycles. The van der Waals surface area contributed by atoms with Gasteiger partial charge in [0.25, 0.3) is 5.56 Å². The number of pyridine rings is 2. The van der Waals surface area contributed by atoms with Gasteiger partial charge in [-0.05, 0) is 70.6 Å². The van der Waals surface area contributed by atoms with Crippen LogP contribution in [0.15, 0.2) is 16.9 Å². The number of hydrogen-bond donors (Lipinski definition) is 2. The first-order valence-electron chi connectivity index (χ1n) is 10.8. The van der Waals surface area contributed by atoms with Crippen LogP contribution in [0, 0.1) is 12.7 Å². The van der Waals surface area contributed by atoms with E-state index in [0.29, 0.717) is 30.7 Å². The van der Waals surface area contributed by atoms with Gasteiger partial charge in [-0.1, -0.05) is 0 Å². The number of amides is 1. The second-order valence-corrected chi connectivity index (χ2v) is 9.63. The van der Waals surface area contributed by atoms with Crippen LogP contribution in [-0.2, 0) is 4.74 Å². The molecule has 4 rings (SSSR count). The van der Waals surface area contributed by atoms with Gasteiger partial charge in [0.2, 0.25) is 0 Å². The van der Waals surface area contributed by atoms with E-state index in [1.807, 2.05) is 4.90 Å². The lowest BCUT2D eigenvalue weighted by Gasteiger charge is -2.24. The van der Waals surface area contributed by atoms with E-state index in [-0.39, 0.29) is 23.2 Å². The Balaban J connectivity index is 1.69. The van der Waals surface area contributed by atoms with Crippen molar-refractivity contribution in [2.45, 2.75) is 64.5 Å².